The summed E-state index contributed by atoms with van der Waals surface area (Å²) in [6, 6.07) is 4.77. The van der Waals surface area contributed by atoms with E-state index in [2.05, 4.69) is 16.8 Å². The molecule has 126 valence electrons. The summed E-state index contributed by atoms with van der Waals surface area (Å²) < 4.78 is 0. The fraction of sp³-hybridized carbons (Fsp3) is 0.684. The standard InChI is InChI=1S/C19H29N3O/c1-4-14-5-8-16(9-6-14)22(17-10-11-17)19(23)15-7-12-18(20-13-15)21(2)3/h7,12-14,16-17H,4-6,8-11H2,1-3H3. The number of pyridine rings is 1. The Morgan fingerprint density at radius 3 is 2.13 bits per heavy atom. The maximum Gasteiger partial charge on any atom is 0.255 e. The molecular weight excluding hydrogens is 286 g/mol. The van der Waals surface area contributed by atoms with Crippen LogP contribution in [0.5, 0.6) is 0 Å². The van der Waals surface area contributed by atoms with Crippen molar-refractivity contribution in [2.75, 3.05) is 19.0 Å². The van der Waals surface area contributed by atoms with Gasteiger partial charge in [0.2, 0.25) is 0 Å². The number of carbonyl (C=O) groups is 1. The minimum atomic E-state index is 0.185. The topological polar surface area (TPSA) is 36.4 Å². The molecule has 2 fully saturated rings. The lowest BCUT2D eigenvalue weighted by molar-refractivity contribution is 0.0587. The molecular formula is C19H29N3O. The van der Waals surface area contributed by atoms with Gasteiger partial charge < -0.3 is 9.80 Å². The quantitative estimate of drug-likeness (QED) is 0.831. The predicted molar refractivity (Wildman–Crippen MR) is 93.8 cm³/mol. The monoisotopic (exact) mass is 315 g/mol. The van der Waals surface area contributed by atoms with Crippen molar-refractivity contribution in [2.24, 2.45) is 5.92 Å². The number of amides is 1. The second kappa shape index (κ2) is 6.90. The highest BCUT2D eigenvalue weighted by atomic mass is 16.2. The first kappa shape index (κ1) is 16.3. The third-order valence-electron chi connectivity index (χ3n) is 5.41. The highest BCUT2D eigenvalue weighted by molar-refractivity contribution is 5.94. The highest BCUT2D eigenvalue weighted by Gasteiger charge is 2.39. The average Bonchev–Trinajstić information content (AvgIpc) is 3.40. The van der Waals surface area contributed by atoms with E-state index in [0.29, 0.717) is 12.1 Å². The van der Waals surface area contributed by atoms with Gasteiger partial charge in [-0.2, -0.15) is 0 Å². The van der Waals surface area contributed by atoms with Gasteiger partial charge in [0.05, 0.1) is 5.56 Å². The van der Waals surface area contributed by atoms with E-state index in [4.69, 9.17) is 0 Å². The minimum absolute atomic E-state index is 0.185. The first-order valence-corrected chi connectivity index (χ1v) is 9.06. The molecule has 0 aliphatic heterocycles. The summed E-state index contributed by atoms with van der Waals surface area (Å²) in [5.74, 6) is 1.94. The van der Waals surface area contributed by atoms with Gasteiger partial charge in [-0.05, 0) is 56.6 Å². The van der Waals surface area contributed by atoms with Crippen molar-refractivity contribution in [3.63, 3.8) is 0 Å². The Morgan fingerprint density at radius 2 is 1.70 bits per heavy atom. The molecule has 0 radical (unpaired) electrons. The summed E-state index contributed by atoms with van der Waals surface area (Å²) >= 11 is 0. The Bertz CT molecular complexity index is 528. The van der Waals surface area contributed by atoms with Crippen molar-refractivity contribution >= 4 is 11.7 Å². The van der Waals surface area contributed by atoms with Gasteiger partial charge in [0, 0.05) is 32.4 Å². The zero-order valence-corrected chi connectivity index (χ0v) is 14.7. The Kier molecular flexibility index (Phi) is 4.88. The minimum Gasteiger partial charge on any atom is -0.363 e. The lowest BCUT2D eigenvalue weighted by atomic mass is 9.83. The Morgan fingerprint density at radius 1 is 1.09 bits per heavy atom. The number of aromatic nitrogens is 1. The fourth-order valence-corrected chi connectivity index (χ4v) is 3.74. The molecule has 4 nitrogen and oxygen atoms in total. The fourth-order valence-electron chi connectivity index (χ4n) is 3.74. The summed E-state index contributed by atoms with van der Waals surface area (Å²) in [5, 5.41) is 0. The van der Waals surface area contributed by atoms with Crippen molar-refractivity contribution in [3.05, 3.63) is 23.9 Å². The SMILES string of the molecule is CCC1CCC(N(C(=O)c2ccc(N(C)C)nc2)C2CC2)CC1. The first-order valence-electron chi connectivity index (χ1n) is 9.06. The van der Waals surface area contributed by atoms with Crippen LogP contribution in [0, 0.1) is 5.92 Å². The van der Waals surface area contributed by atoms with E-state index in [9.17, 15) is 4.79 Å². The zero-order chi connectivity index (χ0) is 16.4. The van der Waals surface area contributed by atoms with E-state index >= 15 is 0 Å². The van der Waals surface area contributed by atoms with Gasteiger partial charge in [0.25, 0.3) is 5.91 Å². The number of carbonyl (C=O) groups excluding carboxylic acids is 1. The van der Waals surface area contributed by atoms with Gasteiger partial charge in [-0.25, -0.2) is 4.98 Å². The molecule has 0 atom stereocenters. The third kappa shape index (κ3) is 3.67. The summed E-state index contributed by atoms with van der Waals surface area (Å²) in [6.45, 7) is 2.28. The molecule has 1 heterocycles. The summed E-state index contributed by atoms with van der Waals surface area (Å²) in [7, 11) is 3.93. The normalized spacial score (nSPS) is 24.3. The number of hydrogen-bond acceptors (Lipinski definition) is 3. The van der Waals surface area contributed by atoms with Gasteiger partial charge in [0.1, 0.15) is 5.82 Å². The van der Waals surface area contributed by atoms with Crippen LogP contribution in [-0.4, -0.2) is 42.0 Å². The lowest BCUT2D eigenvalue weighted by Gasteiger charge is -2.37. The molecule has 0 bridgehead atoms. The molecule has 1 aromatic rings. The van der Waals surface area contributed by atoms with Crippen molar-refractivity contribution in [1.29, 1.82) is 0 Å². The molecule has 4 heteroatoms. The zero-order valence-electron chi connectivity index (χ0n) is 14.7. The van der Waals surface area contributed by atoms with Gasteiger partial charge in [-0.3, -0.25) is 4.79 Å². The molecule has 23 heavy (non-hydrogen) atoms. The second-order valence-corrected chi connectivity index (χ2v) is 7.33. The van der Waals surface area contributed by atoms with Crippen LogP contribution in [0.1, 0.15) is 62.2 Å². The van der Waals surface area contributed by atoms with Gasteiger partial charge in [0.15, 0.2) is 0 Å². The van der Waals surface area contributed by atoms with Gasteiger partial charge >= 0.3 is 0 Å². The lowest BCUT2D eigenvalue weighted by Crippen LogP contribution is -2.44. The highest BCUT2D eigenvalue weighted by Crippen LogP contribution is 2.37. The molecule has 2 aliphatic rings. The van der Waals surface area contributed by atoms with E-state index in [1.807, 2.05) is 31.1 Å². The maximum atomic E-state index is 13.0. The number of hydrogen-bond donors (Lipinski definition) is 0. The largest absolute Gasteiger partial charge is 0.363 e. The van der Waals surface area contributed by atoms with Gasteiger partial charge in [-0.15, -0.1) is 0 Å². The van der Waals surface area contributed by atoms with Crippen molar-refractivity contribution in [2.45, 2.75) is 64.0 Å². The van der Waals surface area contributed by atoms with Gasteiger partial charge in [-0.1, -0.05) is 13.3 Å². The second-order valence-electron chi connectivity index (χ2n) is 7.33. The van der Waals surface area contributed by atoms with Crippen LogP contribution in [-0.2, 0) is 0 Å². The summed E-state index contributed by atoms with van der Waals surface area (Å²) in [6.07, 6.45) is 10.2. The summed E-state index contributed by atoms with van der Waals surface area (Å²) in [4.78, 5) is 21.6. The van der Waals surface area contributed by atoms with Crippen LogP contribution >= 0.6 is 0 Å². The molecule has 0 spiro atoms. The van der Waals surface area contributed by atoms with Crippen LogP contribution < -0.4 is 4.90 Å². The molecule has 2 saturated carbocycles. The van der Waals surface area contributed by atoms with E-state index < -0.39 is 0 Å². The molecule has 0 unspecified atom stereocenters. The number of nitrogens with zero attached hydrogens (tertiary/aromatic N) is 3. The smallest absolute Gasteiger partial charge is 0.255 e. The molecule has 1 aromatic heterocycles. The molecule has 3 rings (SSSR count). The van der Waals surface area contributed by atoms with Crippen LogP contribution in [0.15, 0.2) is 18.3 Å². The van der Waals surface area contributed by atoms with Crippen LogP contribution in [0.25, 0.3) is 0 Å². The van der Waals surface area contributed by atoms with Crippen molar-refractivity contribution in [1.82, 2.24) is 9.88 Å². The Labute approximate surface area is 139 Å². The van der Waals surface area contributed by atoms with Crippen LogP contribution in [0.2, 0.25) is 0 Å². The van der Waals surface area contributed by atoms with Crippen LogP contribution in [0.3, 0.4) is 0 Å². The molecule has 2 aliphatic carbocycles. The summed E-state index contributed by atoms with van der Waals surface area (Å²) in [5.41, 5.74) is 0.736. The molecule has 0 aromatic carbocycles. The first-order chi connectivity index (χ1) is 11.1. The van der Waals surface area contributed by atoms with E-state index in [1.54, 1.807) is 6.20 Å². The van der Waals surface area contributed by atoms with E-state index in [0.717, 1.165) is 17.3 Å². The maximum absolute atomic E-state index is 13.0. The molecule has 0 N–H and O–H groups in total. The number of anilines is 1. The molecule has 1 amide bonds. The van der Waals surface area contributed by atoms with Crippen LogP contribution in [0.4, 0.5) is 5.82 Å². The van der Waals surface area contributed by atoms with Crippen molar-refractivity contribution in [3.8, 4) is 0 Å². The Hall–Kier alpha value is -1.58. The molecule has 0 saturated heterocycles. The van der Waals surface area contributed by atoms with E-state index in [1.165, 1.54) is 44.9 Å². The average molecular weight is 315 g/mol. The van der Waals surface area contributed by atoms with Crippen molar-refractivity contribution < 1.29 is 4.79 Å². The van der Waals surface area contributed by atoms with E-state index in [-0.39, 0.29) is 5.91 Å². The third-order valence-corrected chi connectivity index (χ3v) is 5.41. The predicted octanol–water partition coefficient (Wildman–Crippen LogP) is 3.72. The Balaban J connectivity index is 1.72. The number of rotatable bonds is 5.